The average molecular weight is 291 g/mol. The first-order chi connectivity index (χ1) is 9.53. The molecule has 2 rings (SSSR count). The monoisotopic (exact) mass is 291 g/mol. The maximum absolute atomic E-state index is 12.4. The summed E-state index contributed by atoms with van der Waals surface area (Å²) in [5.41, 5.74) is 1.62. The lowest BCUT2D eigenvalue weighted by Gasteiger charge is -2.40. The molecule has 110 valence electrons. The number of thiol groups is 1. The van der Waals surface area contributed by atoms with Gasteiger partial charge in [0.15, 0.2) is 0 Å². The predicted octanol–water partition coefficient (Wildman–Crippen LogP) is 3.64. The average Bonchev–Trinajstić information content (AvgIpc) is 2.44. The Morgan fingerprint density at radius 1 is 1.35 bits per heavy atom. The van der Waals surface area contributed by atoms with E-state index in [2.05, 4.69) is 56.1 Å². The standard InChI is InChI=1S/C17H25NOS/c1-17(2)9-8-14(16(19)18-10-11-20)15(12-17)13-6-4-3-5-7-13/h3-7,14-15,20H,8-12H2,1-2H3,(H,18,19). The highest BCUT2D eigenvalue weighted by Gasteiger charge is 2.38. The van der Waals surface area contributed by atoms with E-state index in [0.29, 0.717) is 23.6 Å². The van der Waals surface area contributed by atoms with E-state index < -0.39 is 0 Å². The topological polar surface area (TPSA) is 29.1 Å². The number of hydrogen-bond acceptors (Lipinski definition) is 2. The van der Waals surface area contributed by atoms with Crippen molar-refractivity contribution in [2.45, 2.75) is 39.0 Å². The summed E-state index contributed by atoms with van der Waals surface area (Å²) < 4.78 is 0. The van der Waals surface area contributed by atoms with Crippen molar-refractivity contribution in [2.75, 3.05) is 12.3 Å². The van der Waals surface area contributed by atoms with Crippen LogP contribution in [0.25, 0.3) is 0 Å². The first-order valence-electron chi connectivity index (χ1n) is 7.47. The van der Waals surface area contributed by atoms with Crippen LogP contribution in [0.4, 0.5) is 0 Å². The molecule has 2 unspecified atom stereocenters. The molecule has 0 saturated heterocycles. The van der Waals surface area contributed by atoms with Crippen LogP contribution in [0.15, 0.2) is 30.3 Å². The molecule has 1 N–H and O–H groups in total. The molecule has 2 nitrogen and oxygen atoms in total. The molecule has 1 fully saturated rings. The molecule has 1 aromatic carbocycles. The fourth-order valence-corrected chi connectivity index (χ4v) is 3.37. The maximum Gasteiger partial charge on any atom is 0.223 e. The molecule has 0 heterocycles. The van der Waals surface area contributed by atoms with Gasteiger partial charge in [0.2, 0.25) is 5.91 Å². The van der Waals surface area contributed by atoms with Gasteiger partial charge in [0.25, 0.3) is 0 Å². The van der Waals surface area contributed by atoms with Gasteiger partial charge in [-0.2, -0.15) is 12.6 Å². The lowest BCUT2D eigenvalue weighted by Crippen LogP contribution is -2.40. The fourth-order valence-electron chi connectivity index (χ4n) is 3.26. The SMILES string of the molecule is CC1(C)CCC(C(=O)NCCS)C(c2ccccc2)C1. The summed E-state index contributed by atoms with van der Waals surface area (Å²) in [6.07, 6.45) is 3.18. The molecule has 2 atom stereocenters. The molecule has 0 spiro atoms. The predicted molar refractivity (Wildman–Crippen MR) is 87.2 cm³/mol. The molecule has 0 aromatic heterocycles. The Hall–Kier alpha value is -0.960. The van der Waals surface area contributed by atoms with Gasteiger partial charge in [-0.25, -0.2) is 0 Å². The molecule has 1 aromatic rings. The highest BCUT2D eigenvalue weighted by Crippen LogP contribution is 2.46. The molecule has 1 amide bonds. The van der Waals surface area contributed by atoms with Crippen molar-refractivity contribution < 1.29 is 4.79 Å². The summed E-state index contributed by atoms with van der Waals surface area (Å²) in [4.78, 5) is 12.4. The van der Waals surface area contributed by atoms with Gasteiger partial charge in [0, 0.05) is 18.2 Å². The van der Waals surface area contributed by atoms with Gasteiger partial charge in [0.1, 0.15) is 0 Å². The lowest BCUT2D eigenvalue weighted by molar-refractivity contribution is -0.127. The van der Waals surface area contributed by atoms with Crippen LogP contribution < -0.4 is 5.32 Å². The normalized spacial score (nSPS) is 25.1. The highest BCUT2D eigenvalue weighted by molar-refractivity contribution is 7.80. The van der Waals surface area contributed by atoms with Crippen LogP contribution in [0.1, 0.15) is 44.6 Å². The van der Waals surface area contributed by atoms with Crippen LogP contribution >= 0.6 is 12.6 Å². The van der Waals surface area contributed by atoms with Crippen molar-refractivity contribution in [1.82, 2.24) is 5.32 Å². The third kappa shape index (κ3) is 3.78. The first kappa shape index (κ1) is 15.4. The Bertz CT molecular complexity index is 444. The zero-order chi connectivity index (χ0) is 14.6. The minimum Gasteiger partial charge on any atom is -0.355 e. The Labute approximate surface area is 127 Å². The molecular weight excluding hydrogens is 266 g/mol. The van der Waals surface area contributed by atoms with E-state index >= 15 is 0 Å². The van der Waals surface area contributed by atoms with Gasteiger partial charge in [-0.1, -0.05) is 44.2 Å². The smallest absolute Gasteiger partial charge is 0.223 e. The summed E-state index contributed by atoms with van der Waals surface area (Å²) in [6.45, 7) is 5.28. The summed E-state index contributed by atoms with van der Waals surface area (Å²) >= 11 is 4.16. The number of amides is 1. The summed E-state index contributed by atoms with van der Waals surface area (Å²) in [5.74, 6) is 1.33. The fraction of sp³-hybridized carbons (Fsp3) is 0.588. The lowest BCUT2D eigenvalue weighted by atomic mass is 9.65. The van der Waals surface area contributed by atoms with E-state index in [9.17, 15) is 4.79 Å². The van der Waals surface area contributed by atoms with E-state index in [-0.39, 0.29) is 11.8 Å². The molecule has 0 aliphatic heterocycles. The Morgan fingerprint density at radius 3 is 2.70 bits per heavy atom. The minimum absolute atomic E-state index is 0.102. The van der Waals surface area contributed by atoms with Crippen molar-refractivity contribution in [3.63, 3.8) is 0 Å². The zero-order valence-corrected chi connectivity index (χ0v) is 13.3. The number of benzene rings is 1. The van der Waals surface area contributed by atoms with Gasteiger partial charge in [0.05, 0.1) is 0 Å². The van der Waals surface area contributed by atoms with Crippen LogP contribution in [0, 0.1) is 11.3 Å². The van der Waals surface area contributed by atoms with E-state index in [1.54, 1.807) is 0 Å². The second-order valence-corrected chi connectivity index (χ2v) is 6.99. The summed E-state index contributed by atoms with van der Waals surface area (Å²) in [6, 6.07) is 10.5. The van der Waals surface area contributed by atoms with E-state index in [0.717, 1.165) is 19.3 Å². The molecular formula is C17H25NOS. The van der Waals surface area contributed by atoms with Crippen LogP contribution in [-0.4, -0.2) is 18.2 Å². The molecule has 20 heavy (non-hydrogen) atoms. The van der Waals surface area contributed by atoms with Gasteiger partial charge in [-0.3, -0.25) is 4.79 Å². The van der Waals surface area contributed by atoms with Gasteiger partial charge in [-0.15, -0.1) is 0 Å². The van der Waals surface area contributed by atoms with Crippen molar-refractivity contribution in [3.05, 3.63) is 35.9 Å². The Morgan fingerprint density at radius 2 is 2.05 bits per heavy atom. The quantitative estimate of drug-likeness (QED) is 0.815. The first-order valence-corrected chi connectivity index (χ1v) is 8.10. The van der Waals surface area contributed by atoms with E-state index in [4.69, 9.17) is 0 Å². The third-order valence-electron chi connectivity index (χ3n) is 4.37. The number of carbonyl (C=O) groups excluding carboxylic acids is 1. The molecule has 0 radical (unpaired) electrons. The summed E-state index contributed by atoms with van der Waals surface area (Å²) in [5, 5.41) is 3.01. The number of carbonyl (C=O) groups is 1. The molecule has 3 heteroatoms. The molecule has 1 aliphatic carbocycles. The molecule has 1 saturated carbocycles. The second kappa shape index (κ2) is 6.66. The number of nitrogens with one attached hydrogen (secondary N) is 1. The number of hydrogen-bond donors (Lipinski definition) is 2. The van der Waals surface area contributed by atoms with Crippen molar-refractivity contribution in [3.8, 4) is 0 Å². The number of rotatable bonds is 4. The minimum atomic E-state index is 0.102. The van der Waals surface area contributed by atoms with Crippen molar-refractivity contribution >= 4 is 18.5 Å². The highest BCUT2D eigenvalue weighted by atomic mass is 32.1. The molecule has 0 bridgehead atoms. The largest absolute Gasteiger partial charge is 0.355 e. The van der Waals surface area contributed by atoms with Gasteiger partial charge >= 0.3 is 0 Å². The maximum atomic E-state index is 12.4. The Balaban J connectivity index is 2.18. The van der Waals surface area contributed by atoms with E-state index in [1.165, 1.54) is 5.56 Å². The summed E-state index contributed by atoms with van der Waals surface area (Å²) in [7, 11) is 0. The van der Waals surface area contributed by atoms with Crippen LogP contribution in [-0.2, 0) is 4.79 Å². The van der Waals surface area contributed by atoms with Crippen molar-refractivity contribution in [1.29, 1.82) is 0 Å². The van der Waals surface area contributed by atoms with Crippen LogP contribution in [0.3, 0.4) is 0 Å². The van der Waals surface area contributed by atoms with Gasteiger partial charge < -0.3 is 5.32 Å². The van der Waals surface area contributed by atoms with Crippen molar-refractivity contribution in [2.24, 2.45) is 11.3 Å². The van der Waals surface area contributed by atoms with Gasteiger partial charge in [-0.05, 0) is 36.2 Å². The second-order valence-electron chi connectivity index (χ2n) is 6.55. The Kier molecular flexibility index (Phi) is 5.14. The van der Waals surface area contributed by atoms with E-state index in [1.807, 2.05) is 6.07 Å². The third-order valence-corrected chi connectivity index (χ3v) is 4.59. The van der Waals surface area contributed by atoms with Crippen LogP contribution in [0.2, 0.25) is 0 Å². The molecule has 1 aliphatic rings. The zero-order valence-electron chi connectivity index (χ0n) is 12.4. The van der Waals surface area contributed by atoms with Crippen LogP contribution in [0.5, 0.6) is 0 Å².